The van der Waals surface area contributed by atoms with Crippen LogP contribution in [0.5, 0.6) is 0 Å². The standard InChI is InChI=1S/C13H13F2N3O/c1-16-12-6-9(7-19-2)17-13(18-12)8-3-4-10(14)11(15)5-8/h3-6H,7H2,1-2H3,(H,16,17,18). The van der Waals surface area contributed by atoms with Gasteiger partial charge in [0.2, 0.25) is 0 Å². The molecule has 19 heavy (non-hydrogen) atoms. The summed E-state index contributed by atoms with van der Waals surface area (Å²) in [5.74, 6) is -0.922. The molecule has 6 heteroatoms. The average Bonchev–Trinajstić information content (AvgIpc) is 2.42. The molecule has 0 aliphatic heterocycles. The molecule has 2 aromatic rings. The maximum absolute atomic E-state index is 13.2. The first-order chi connectivity index (χ1) is 9.13. The number of benzene rings is 1. The summed E-state index contributed by atoms with van der Waals surface area (Å²) in [6.45, 7) is 0.313. The third-order valence-electron chi connectivity index (χ3n) is 2.51. The Morgan fingerprint density at radius 2 is 1.95 bits per heavy atom. The zero-order valence-electron chi connectivity index (χ0n) is 10.6. The van der Waals surface area contributed by atoms with Crippen LogP contribution < -0.4 is 5.32 Å². The zero-order valence-corrected chi connectivity index (χ0v) is 10.6. The number of nitrogens with zero attached hydrogens (tertiary/aromatic N) is 2. The molecule has 0 aliphatic rings. The van der Waals surface area contributed by atoms with Crippen molar-refractivity contribution in [3.63, 3.8) is 0 Å². The van der Waals surface area contributed by atoms with E-state index in [2.05, 4.69) is 15.3 Å². The molecule has 100 valence electrons. The smallest absolute Gasteiger partial charge is 0.161 e. The lowest BCUT2D eigenvalue weighted by Gasteiger charge is -2.07. The molecule has 4 nitrogen and oxygen atoms in total. The third kappa shape index (κ3) is 3.03. The first kappa shape index (κ1) is 13.4. The Bertz CT molecular complexity index is 590. The first-order valence-electron chi connectivity index (χ1n) is 5.64. The van der Waals surface area contributed by atoms with Crippen LogP contribution in [-0.4, -0.2) is 24.1 Å². The molecule has 0 fully saturated rings. The van der Waals surface area contributed by atoms with E-state index in [0.717, 1.165) is 12.1 Å². The molecule has 0 radical (unpaired) electrons. The summed E-state index contributed by atoms with van der Waals surface area (Å²) in [6.07, 6.45) is 0. The Morgan fingerprint density at radius 1 is 1.16 bits per heavy atom. The van der Waals surface area contributed by atoms with Crippen molar-refractivity contribution in [3.05, 3.63) is 41.6 Å². The molecule has 1 aromatic carbocycles. The normalized spacial score (nSPS) is 10.5. The van der Waals surface area contributed by atoms with E-state index in [9.17, 15) is 8.78 Å². The Kier molecular flexibility index (Phi) is 4.01. The highest BCUT2D eigenvalue weighted by molar-refractivity contribution is 5.57. The highest BCUT2D eigenvalue weighted by atomic mass is 19.2. The number of anilines is 1. The second kappa shape index (κ2) is 5.71. The summed E-state index contributed by atoms with van der Waals surface area (Å²) in [7, 11) is 3.27. The van der Waals surface area contributed by atoms with E-state index in [1.807, 2.05) is 0 Å². The largest absolute Gasteiger partial charge is 0.378 e. The maximum Gasteiger partial charge on any atom is 0.161 e. The van der Waals surface area contributed by atoms with Gasteiger partial charge in [-0.05, 0) is 18.2 Å². The van der Waals surface area contributed by atoms with Crippen molar-refractivity contribution in [3.8, 4) is 11.4 Å². The molecular weight excluding hydrogens is 252 g/mol. The zero-order chi connectivity index (χ0) is 13.8. The van der Waals surface area contributed by atoms with E-state index in [-0.39, 0.29) is 0 Å². The van der Waals surface area contributed by atoms with Gasteiger partial charge >= 0.3 is 0 Å². The van der Waals surface area contributed by atoms with E-state index in [0.29, 0.717) is 29.5 Å². The molecule has 0 bridgehead atoms. The van der Waals surface area contributed by atoms with Gasteiger partial charge in [0.15, 0.2) is 17.5 Å². The monoisotopic (exact) mass is 265 g/mol. The van der Waals surface area contributed by atoms with Gasteiger partial charge in [-0.25, -0.2) is 18.7 Å². The average molecular weight is 265 g/mol. The minimum Gasteiger partial charge on any atom is -0.378 e. The van der Waals surface area contributed by atoms with Crippen LogP contribution in [-0.2, 0) is 11.3 Å². The van der Waals surface area contributed by atoms with Crippen LogP contribution in [0.4, 0.5) is 14.6 Å². The van der Waals surface area contributed by atoms with Gasteiger partial charge in [-0.3, -0.25) is 0 Å². The maximum atomic E-state index is 13.2. The van der Waals surface area contributed by atoms with Crippen LogP contribution in [0.2, 0.25) is 0 Å². The van der Waals surface area contributed by atoms with Gasteiger partial charge in [-0.1, -0.05) is 0 Å². The third-order valence-corrected chi connectivity index (χ3v) is 2.51. The van der Waals surface area contributed by atoms with Gasteiger partial charge in [0.05, 0.1) is 12.3 Å². The SMILES string of the molecule is CNc1cc(COC)nc(-c2ccc(F)c(F)c2)n1. The van der Waals surface area contributed by atoms with E-state index >= 15 is 0 Å². The number of ether oxygens (including phenoxy) is 1. The Labute approximate surface area is 109 Å². The van der Waals surface area contributed by atoms with Crippen molar-refractivity contribution in [1.29, 1.82) is 0 Å². The van der Waals surface area contributed by atoms with Crippen LogP contribution in [0.1, 0.15) is 5.69 Å². The lowest BCUT2D eigenvalue weighted by atomic mass is 10.2. The van der Waals surface area contributed by atoms with E-state index in [1.165, 1.54) is 6.07 Å². The number of hydrogen-bond acceptors (Lipinski definition) is 4. The Morgan fingerprint density at radius 3 is 2.58 bits per heavy atom. The highest BCUT2D eigenvalue weighted by Crippen LogP contribution is 2.20. The second-order valence-electron chi connectivity index (χ2n) is 3.88. The summed E-state index contributed by atoms with van der Waals surface area (Å²) in [6, 6.07) is 5.29. The van der Waals surface area contributed by atoms with Crippen molar-refractivity contribution >= 4 is 5.82 Å². The molecular formula is C13H13F2N3O. The highest BCUT2D eigenvalue weighted by Gasteiger charge is 2.09. The second-order valence-corrected chi connectivity index (χ2v) is 3.88. The molecule has 0 saturated carbocycles. The minimum atomic E-state index is -0.927. The molecule has 0 spiro atoms. The number of rotatable bonds is 4. The summed E-state index contributed by atoms with van der Waals surface area (Å²) in [5, 5.41) is 2.89. The predicted molar refractivity (Wildman–Crippen MR) is 67.6 cm³/mol. The Balaban J connectivity index is 2.47. The molecule has 0 unspecified atom stereocenters. The van der Waals surface area contributed by atoms with E-state index < -0.39 is 11.6 Å². The van der Waals surface area contributed by atoms with E-state index in [4.69, 9.17) is 4.74 Å². The quantitative estimate of drug-likeness (QED) is 0.923. The fourth-order valence-corrected chi connectivity index (χ4v) is 1.61. The van der Waals surface area contributed by atoms with Crippen LogP contribution in [0, 0.1) is 11.6 Å². The van der Waals surface area contributed by atoms with E-state index in [1.54, 1.807) is 20.2 Å². The summed E-state index contributed by atoms with van der Waals surface area (Å²) in [4.78, 5) is 8.46. The molecule has 1 aromatic heterocycles. The topological polar surface area (TPSA) is 47.0 Å². The minimum absolute atomic E-state index is 0.313. The number of aromatic nitrogens is 2. The molecule has 0 amide bonds. The van der Waals surface area contributed by atoms with Crippen molar-refractivity contribution in [1.82, 2.24) is 9.97 Å². The number of hydrogen-bond donors (Lipinski definition) is 1. The molecule has 1 heterocycles. The summed E-state index contributed by atoms with van der Waals surface area (Å²) < 4.78 is 31.1. The molecule has 2 rings (SSSR count). The van der Waals surface area contributed by atoms with Crippen LogP contribution >= 0.6 is 0 Å². The number of halogens is 2. The molecule has 1 N–H and O–H groups in total. The predicted octanol–water partition coefficient (Wildman–Crippen LogP) is 2.61. The molecule has 0 atom stereocenters. The van der Waals surface area contributed by atoms with Crippen molar-refractivity contribution in [2.45, 2.75) is 6.61 Å². The van der Waals surface area contributed by atoms with Gasteiger partial charge < -0.3 is 10.1 Å². The van der Waals surface area contributed by atoms with Crippen molar-refractivity contribution in [2.24, 2.45) is 0 Å². The molecule has 0 saturated heterocycles. The van der Waals surface area contributed by atoms with Gasteiger partial charge in [0.1, 0.15) is 5.82 Å². The number of methoxy groups -OCH3 is 1. The van der Waals surface area contributed by atoms with Crippen molar-refractivity contribution in [2.75, 3.05) is 19.5 Å². The van der Waals surface area contributed by atoms with Gasteiger partial charge in [0.25, 0.3) is 0 Å². The lowest BCUT2D eigenvalue weighted by Crippen LogP contribution is -2.02. The molecule has 0 aliphatic carbocycles. The first-order valence-corrected chi connectivity index (χ1v) is 5.64. The van der Waals surface area contributed by atoms with Crippen LogP contribution in [0.15, 0.2) is 24.3 Å². The number of nitrogens with one attached hydrogen (secondary N) is 1. The van der Waals surface area contributed by atoms with Crippen LogP contribution in [0.3, 0.4) is 0 Å². The van der Waals surface area contributed by atoms with Gasteiger partial charge in [-0.15, -0.1) is 0 Å². The fourth-order valence-electron chi connectivity index (χ4n) is 1.61. The summed E-state index contributed by atoms with van der Waals surface area (Å²) >= 11 is 0. The lowest BCUT2D eigenvalue weighted by molar-refractivity contribution is 0.181. The van der Waals surface area contributed by atoms with Gasteiger partial charge in [-0.2, -0.15) is 0 Å². The van der Waals surface area contributed by atoms with Crippen LogP contribution in [0.25, 0.3) is 11.4 Å². The summed E-state index contributed by atoms with van der Waals surface area (Å²) in [5.41, 5.74) is 1.06. The van der Waals surface area contributed by atoms with Gasteiger partial charge in [0, 0.05) is 25.8 Å². The van der Waals surface area contributed by atoms with Crippen molar-refractivity contribution < 1.29 is 13.5 Å². The fraction of sp³-hybridized carbons (Fsp3) is 0.231. The Hall–Kier alpha value is -2.08.